The monoisotopic (exact) mass is 420 g/mol. The molecule has 0 radical (unpaired) electrons. The van der Waals surface area contributed by atoms with Crippen LogP contribution in [0.5, 0.6) is 0 Å². The second-order valence-electron chi connectivity index (χ2n) is 6.03. The molecule has 1 heterocycles. The Bertz CT molecular complexity index is 1080. The molecule has 0 aliphatic carbocycles. The van der Waals surface area contributed by atoms with Crippen LogP contribution in [0.2, 0.25) is 5.02 Å². The van der Waals surface area contributed by atoms with Crippen molar-refractivity contribution in [1.82, 2.24) is 4.98 Å². The summed E-state index contributed by atoms with van der Waals surface area (Å²) in [7, 11) is -3.43. The largest absolute Gasteiger partial charge is 0.325 e. The third-order valence-corrected chi connectivity index (χ3v) is 6.03. The number of anilines is 1. The van der Waals surface area contributed by atoms with Crippen LogP contribution >= 0.6 is 22.9 Å². The predicted molar refractivity (Wildman–Crippen MR) is 108 cm³/mol. The van der Waals surface area contributed by atoms with Gasteiger partial charge in [0, 0.05) is 23.1 Å². The average molecular weight is 421 g/mol. The van der Waals surface area contributed by atoms with Gasteiger partial charge < -0.3 is 5.32 Å². The van der Waals surface area contributed by atoms with Crippen molar-refractivity contribution in [3.8, 4) is 0 Å². The van der Waals surface area contributed by atoms with E-state index in [4.69, 9.17) is 11.6 Å². The van der Waals surface area contributed by atoms with Crippen molar-refractivity contribution in [3.63, 3.8) is 0 Å². The molecule has 1 amide bonds. The number of halogens is 1. The molecule has 27 heavy (non-hydrogen) atoms. The number of hydrogen-bond acceptors (Lipinski definition) is 5. The third kappa shape index (κ3) is 5.38. The van der Waals surface area contributed by atoms with E-state index in [0.717, 1.165) is 16.8 Å². The van der Waals surface area contributed by atoms with E-state index in [-0.39, 0.29) is 22.9 Å². The van der Waals surface area contributed by atoms with Gasteiger partial charge in [0.25, 0.3) is 0 Å². The molecule has 0 bridgehead atoms. The summed E-state index contributed by atoms with van der Waals surface area (Å²) in [4.78, 5) is 16.9. The number of benzene rings is 2. The van der Waals surface area contributed by atoms with Crippen molar-refractivity contribution in [3.05, 3.63) is 75.2 Å². The Morgan fingerprint density at radius 2 is 1.96 bits per heavy atom. The molecule has 0 fully saturated rings. The van der Waals surface area contributed by atoms with Gasteiger partial charge in [-0.1, -0.05) is 35.9 Å². The summed E-state index contributed by atoms with van der Waals surface area (Å²) in [5, 5.41) is 6.06. The van der Waals surface area contributed by atoms with E-state index in [2.05, 4.69) is 10.3 Å². The summed E-state index contributed by atoms with van der Waals surface area (Å²) in [6.07, 6.45) is 1.83. The van der Waals surface area contributed by atoms with Crippen molar-refractivity contribution in [2.24, 2.45) is 0 Å². The van der Waals surface area contributed by atoms with E-state index in [0.29, 0.717) is 17.1 Å². The minimum absolute atomic E-state index is 0.0736. The van der Waals surface area contributed by atoms with Gasteiger partial charge in [0.2, 0.25) is 5.91 Å². The van der Waals surface area contributed by atoms with Gasteiger partial charge in [-0.2, -0.15) is 0 Å². The number of nitrogens with one attached hydrogen (secondary N) is 1. The lowest BCUT2D eigenvalue weighted by atomic mass is 10.2. The number of rotatable bonds is 6. The zero-order valence-corrected chi connectivity index (χ0v) is 16.9. The van der Waals surface area contributed by atoms with Crippen LogP contribution in [0.1, 0.15) is 16.3 Å². The van der Waals surface area contributed by atoms with Gasteiger partial charge in [0.1, 0.15) is 0 Å². The molecule has 0 unspecified atom stereocenters. The van der Waals surface area contributed by atoms with Gasteiger partial charge in [0.15, 0.2) is 9.84 Å². The fraction of sp³-hybridized carbons (Fsp3) is 0.158. The molecule has 140 valence electrons. The highest BCUT2D eigenvalue weighted by molar-refractivity contribution is 7.90. The van der Waals surface area contributed by atoms with Crippen LogP contribution in [0.25, 0.3) is 0 Å². The number of thiazole rings is 1. The molecular formula is C19H17ClN2O3S2. The summed E-state index contributed by atoms with van der Waals surface area (Å²) in [5.74, 6) is -0.314. The Morgan fingerprint density at radius 1 is 1.19 bits per heavy atom. The Labute approximate surface area is 167 Å². The number of carbonyl (C=O) groups excluding carboxylic acids is 1. The third-order valence-electron chi connectivity index (χ3n) is 3.75. The molecule has 3 aromatic rings. The first-order valence-corrected chi connectivity index (χ1v) is 11.2. The van der Waals surface area contributed by atoms with Crippen molar-refractivity contribution < 1.29 is 13.2 Å². The van der Waals surface area contributed by atoms with E-state index >= 15 is 0 Å². The Kier molecular flexibility index (Phi) is 5.94. The molecule has 3 rings (SSSR count). The fourth-order valence-electron chi connectivity index (χ4n) is 2.58. The number of carbonyl (C=O) groups is 1. The first kappa shape index (κ1) is 19.5. The Morgan fingerprint density at radius 3 is 2.70 bits per heavy atom. The summed E-state index contributed by atoms with van der Waals surface area (Å²) >= 11 is 7.47. The summed E-state index contributed by atoms with van der Waals surface area (Å²) in [6, 6.07) is 13.9. The highest BCUT2D eigenvalue weighted by Crippen LogP contribution is 2.21. The zero-order valence-electron chi connectivity index (χ0n) is 14.5. The van der Waals surface area contributed by atoms with Gasteiger partial charge in [-0.3, -0.25) is 4.79 Å². The van der Waals surface area contributed by atoms with Crippen molar-refractivity contribution in [2.75, 3.05) is 11.6 Å². The molecule has 2 aromatic carbocycles. The van der Waals surface area contributed by atoms with E-state index in [1.54, 1.807) is 18.2 Å². The lowest BCUT2D eigenvalue weighted by Gasteiger charge is -2.09. The minimum atomic E-state index is -3.43. The number of hydrogen-bond donors (Lipinski definition) is 1. The number of nitrogens with zero attached hydrogens (tertiary/aromatic N) is 1. The highest BCUT2D eigenvalue weighted by atomic mass is 35.5. The molecule has 0 atom stereocenters. The lowest BCUT2D eigenvalue weighted by molar-refractivity contribution is -0.115. The van der Waals surface area contributed by atoms with E-state index in [1.807, 2.05) is 29.6 Å². The predicted octanol–water partition coefficient (Wildman–Crippen LogP) is 3.97. The van der Waals surface area contributed by atoms with Crippen LogP contribution in [-0.2, 0) is 27.5 Å². The Balaban J connectivity index is 1.67. The lowest BCUT2D eigenvalue weighted by Crippen LogP contribution is -2.16. The summed E-state index contributed by atoms with van der Waals surface area (Å²) in [5.41, 5.74) is 1.97. The molecule has 1 aromatic heterocycles. The Hall–Kier alpha value is -2.22. The zero-order chi connectivity index (χ0) is 19.4. The van der Waals surface area contributed by atoms with Crippen LogP contribution in [0.4, 0.5) is 5.69 Å². The molecule has 0 saturated carbocycles. The van der Waals surface area contributed by atoms with Gasteiger partial charge in [-0.15, -0.1) is 11.3 Å². The molecule has 5 nitrogen and oxygen atoms in total. The van der Waals surface area contributed by atoms with Crippen LogP contribution in [0, 0.1) is 0 Å². The SMILES string of the molecule is CS(=O)(=O)c1ccccc1NC(=O)Cc1csc(Cc2cccc(Cl)c2)n1. The van der Waals surface area contributed by atoms with Crippen LogP contribution in [-0.4, -0.2) is 25.6 Å². The first-order chi connectivity index (χ1) is 12.8. The topological polar surface area (TPSA) is 76.1 Å². The standard InChI is InChI=1S/C19H17ClN2O3S2/c1-27(24,25)17-8-3-2-7-16(17)22-18(23)11-15-12-26-19(21-15)10-13-5-4-6-14(20)9-13/h2-9,12H,10-11H2,1H3,(H,22,23). The summed E-state index contributed by atoms with van der Waals surface area (Å²) in [6.45, 7) is 0. The summed E-state index contributed by atoms with van der Waals surface area (Å²) < 4.78 is 23.6. The average Bonchev–Trinajstić information content (AvgIpc) is 3.01. The molecule has 0 aliphatic rings. The molecule has 0 saturated heterocycles. The molecule has 0 aliphatic heterocycles. The molecule has 1 N–H and O–H groups in total. The van der Waals surface area contributed by atoms with Crippen LogP contribution < -0.4 is 5.32 Å². The second-order valence-corrected chi connectivity index (χ2v) is 9.40. The number of amides is 1. The van der Waals surface area contributed by atoms with Gasteiger partial charge in [-0.05, 0) is 29.8 Å². The van der Waals surface area contributed by atoms with Crippen molar-refractivity contribution in [1.29, 1.82) is 0 Å². The highest BCUT2D eigenvalue weighted by Gasteiger charge is 2.15. The minimum Gasteiger partial charge on any atom is -0.325 e. The normalized spacial score (nSPS) is 11.3. The first-order valence-electron chi connectivity index (χ1n) is 8.08. The number of para-hydroxylation sites is 1. The molecule has 8 heteroatoms. The van der Waals surface area contributed by atoms with Gasteiger partial charge in [-0.25, -0.2) is 13.4 Å². The van der Waals surface area contributed by atoms with Crippen molar-refractivity contribution in [2.45, 2.75) is 17.7 Å². The fourth-order valence-corrected chi connectivity index (χ4v) is 4.47. The van der Waals surface area contributed by atoms with Crippen molar-refractivity contribution >= 4 is 44.4 Å². The van der Waals surface area contributed by atoms with Crippen LogP contribution in [0.15, 0.2) is 58.8 Å². The van der Waals surface area contributed by atoms with E-state index in [1.165, 1.54) is 17.4 Å². The maximum absolute atomic E-state index is 12.3. The van der Waals surface area contributed by atoms with Gasteiger partial charge in [0.05, 0.1) is 27.7 Å². The maximum atomic E-state index is 12.3. The quantitative estimate of drug-likeness (QED) is 0.654. The molecular weight excluding hydrogens is 404 g/mol. The van der Waals surface area contributed by atoms with Gasteiger partial charge >= 0.3 is 0 Å². The smallest absolute Gasteiger partial charge is 0.230 e. The van der Waals surface area contributed by atoms with Crippen LogP contribution in [0.3, 0.4) is 0 Å². The maximum Gasteiger partial charge on any atom is 0.230 e. The molecule has 0 spiro atoms. The number of aromatic nitrogens is 1. The number of sulfone groups is 1. The second kappa shape index (κ2) is 8.21. The van der Waals surface area contributed by atoms with E-state index < -0.39 is 9.84 Å². The van der Waals surface area contributed by atoms with E-state index in [9.17, 15) is 13.2 Å².